The summed E-state index contributed by atoms with van der Waals surface area (Å²) in [6.45, 7) is 3.10. The third-order valence-electron chi connectivity index (χ3n) is 4.64. The number of carbonyl (C=O) groups is 1. The van der Waals surface area contributed by atoms with Gasteiger partial charge in [0.1, 0.15) is 5.82 Å². The zero-order valence-electron chi connectivity index (χ0n) is 14.5. The van der Waals surface area contributed by atoms with Crippen LogP contribution in [0, 0.1) is 6.92 Å². The van der Waals surface area contributed by atoms with Crippen LogP contribution < -0.4 is 0 Å². The average molecular weight is 349 g/mol. The second-order valence-corrected chi connectivity index (χ2v) is 6.43. The molecule has 0 saturated carbocycles. The van der Waals surface area contributed by atoms with E-state index in [0.29, 0.717) is 36.0 Å². The Morgan fingerprint density at radius 2 is 2.08 bits per heavy atom. The molecule has 0 radical (unpaired) electrons. The topological polar surface area (TPSA) is 85.0 Å². The molecule has 3 heterocycles. The van der Waals surface area contributed by atoms with Crippen molar-refractivity contribution >= 4 is 5.91 Å². The van der Waals surface area contributed by atoms with Crippen molar-refractivity contribution in [3.8, 4) is 11.3 Å². The van der Waals surface area contributed by atoms with Gasteiger partial charge < -0.3 is 9.42 Å². The molecular formula is C19H19N5O2. The summed E-state index contributed by atoms with van der Waals surface area (Å²) in [5, 5.41) is 3.93. The number of likely N-dealkylation sites (tertiary alicyclic amines) is 1. The van der Waals surface area contributed by atoms with Crippen molar-refractivity contribution in [3.63, 3.8) is 0 Å². The van der Waals surface area contributed by atoms with Gasteiger partial charge >= 0.3 is 0 Å². The molecule has 1 fully saturated rings. The fraction of sp³-hybridized carbons (Fsp3) is 0.316. The highest BCUT2D eigenvalue weighted by Gasteiger charge is 2.29. The van der Waals surface area contributed by atoms with Crippen LogP contribution in [0.1, 0.15) is 40.8 Å². The maximum Gasteiger partial charge on any atom is 0.257 e. The van der Waals surface area contributed by atoms with Gasteiger partial charge in [0.2, 0.25) is 6.39 Å². The highest BCUT2D eigenvalue weighted by Crippen LogP contribution is 2.28. The third kappa shape index (κ3) is 3.20. The van der Waals surface area contributed by atoms with Gasteiger partial charge in [0, 0.05) is 30.8 Å². The van der Waals surface area contributed by atoms with E-state index in [1.165, 1.54) is 6.39 Å². The molecule has 0 N–H and O–H groups in total. The number of rotatable bonds is 3. The van der Waals surface area contributed by atoms with Crippen molar-refractivity contribution < 1.29 is 9.32 Å². The lowest BCUT2D eigenvalue weighted by Gasteiger charge is -2.31. The van der Waals surface area contributed by atoms with E-state index in [1.807, 2.05) is 42.2 Å². The molecule has 0 bridgehead atoms. The minimum absolute atomic E-state index is 0.0583. The molecule has 132 valence electrons. The molecule has 2 aromatic heterocycles. The Morgan fingerprint density at radius 3 is 2.85 bits per heavy atom. The van der Waals surface area contributed by atoms with E-state index < -0.39 is 0 Å². The second kappa shape index (κ2) is 7.03. The van der Waals surface area contributed by atoms with E-state index >= 15 is 0 Å². The molecule has 1 aromatic carbocycles. The zero-order chi connectivity index (χ0) is 17.9. The van der Waals surface area contributed by atoms with E-state index in [9.17, 15) is 4.79 Å². The summed E-state index contributed by atoms with van der Waals surface area (Å²) in [5.74, 6) is 1.34. The predicted octanol–water partition coefficient (Wildman–Crippen LogP) is 2.85. The van der Waals surface area contributed by atoms with Crippen molar-refractivity contribution in [2.45, 2.75) is 25.7 Å². The Morgan fingerprint density at radius 1 is 1.23 bits per heavy atom. The standard InChI is InChI=1S/C19H19N5O2/c1-13-20-10-16(17(22-13)14-6-3-2-4-7-14)19(25)24-9-5-8-15(11-24)18-21-12-26-23-18/h2-4,6-7,10,12,15H,5,8-9,11H2,1H3. The van der Waals surface area contributed by atoms with Crippen LogP contribution in [-0.2, 0) is 0 Å². The lowest BCUT2D eigenvalue weighted by molar-refractivity contribution is 0.0703. The summed E-state index contributed by atoms with van der Waals surface area (Å²) < 4.78 is 4.85. The first kappa shape index (κ1) is 16.4. The maximum atomic E-state index is 13.2. The SMILES string of the molecule is Cc1ncc(C(=O)N2CCCC(c3ncon3)C2)c(-c2ccccc2)n1. The number of nitrogens with zero attached hydrogens (tertiary/aromatic N) is 5. The number of aryl methyl sites for hydroxylation is 1. The number of benzene rings is 1. The highest BCUT2D eigenvalue weighted by molar-refractivity contribution is 5.99. The summed E-state index contributed by atoms with van der Waals surface area (Å²) in [6.07, 6.45) is 4.81. The molecular weight excluding hydrogens is 330 g/mol. The molecule has 1 unspecified atom stereocenters. The number of aromatic nitrogens is 4. The predicted molar refractivity (Wildman–Crippen MR) is 94.4 cm³/mol. The van der Waals surface area contributed by atoms with Crippen LogP contribution in [0.3, 0.4) is 0 Å². The van der Waals surface area contributed by atoms with E-state index in [1.54, 1.807) is 6.20 Å². The lowest BCUT2D eigenvalue weighted by Crippen LogP contribution is -2.39. The summed E-state index contributed by atoms with van der Waals surface area (Å²) in [7, 11) is 0. The molecule has 1 amide bonds. The Kier molecular flexibility index (Phi) is 4.43. The molecule has 3 aromatic rings. The normalized spacial score (nSPS) is 17.3. The van der Waals surface area contributed by atoms with E-state index in [4.69, 9.17) is 4.52 Å². The van der Waals surface area contributed by atoms with Crippen molar-refractivity contribution in [2.24, 2.45) is 0 Å². The van der Waals surface area contributed by atoms with Crippen molar-refractivity contribution in [1.82, 2.24) is 25.0 Å². The molecule has 1 atom stereocenters. The number of hydrogen-bond acceptors (Lipinski definition) is 6. The smallest absolute Gasteiger partial charge is 0.257 e. The molecule has 26 heavy (non-hydrogen) atoms. The molecule has 0 aliphatic carbocycles. The first-order valence-corrected chi connectivity index (χ1v) is 8.67. The molecule has 1 saturated heterocycles. The number of amides is 1. The van der Waals surface area contributed by atoms with Gasteiger partial charge in [-0.3, -0.25) is 4.79 Å². The Bertz CT molecular complexity index is 896. The maximum absolute atomic E-state index is 13.2. The lowest BCUT2D eigenvalue weighted by atomic mass is 9.96. The van der Waals surface area contributed by atoms with Crippen LogP contribution in [0.25, 0.3) is 11.3 Å². The zero-order valence-corrected chi connectivity index (χ0v) is 14.5. The van der Waals surface area contributed by atoms with Crippen LogP contribution in [0.15, 0.2) is 47.4 Å². The van der Waals surface area contributed by atoms with Crippen LogP contribution in [0.5, 0.6) is 0 Å². The van der Waals surface area contributed by atoms with Gasteiger partial charge in [-0.15, -0.1) is 0 Å². The molecule has 1 aliphatic rings. The molecule has 7 nitrogen and oxygen atoms in total. The number of carbonyl (C=O) groups excluding carboxylic acids is 1. The molecule has 4 rings (SSSR count). The van der Waals surface area contributed by atoms with Crippen LogP contribution >= 0.6 is 0 Å². The Labute approximate surface area is 151 Å². The minimum atomic E-state index is -0.0583. The van der Waals surface area contributed by atoms with Gasteiger partial charge in [0.05, 0.1) is 11.3 Å². The fourth-order valence-electron chi connectivity index (χ4n) is 3.34. The Balaban J connectivity index is 1.64. The highest BCUT2D eigenvalue weighted by atomic mass is 16.5. The molecule has 0 spiro atoms. The molecule has 7 heteroatoms. The van der Waals surface area contributed by atoms with Crippen LogP contribution in [0.2, 0.25) is 0 Å². The summed E-state index contributed by atoms with van der Waals surface area (Å²) in [6, 6.07) is 9.73. The summed E-state index contributed by atoms with van der Waals surface area (Å²) in [5.41, 5.74) is 2.11. The summed E-state index contributed by atoms with van der Waals surface area (Å²) in [4.78, 5) is 28.0. The minimum Gasteiger partial charge on any atom is -0.343 e. The van der Waals surface area contributed by atoms with Gasteiger partial charge in [-0.1, -0.05) is 35.5 Å². The first-order chi connectivity index (χ1) is 12.7. The monoisotopic (exact) mass is 349 g/mol. The number of hydrogen-bond donors (Lipinski definition) is 0. The first-order valence-electron chi connectivity index (χ1n) is 8.67. The van der Waals surface area contributed by atoms with Crippen LogP contribution in [-0.4, -0.2) is 44.0 Å². The van der Waals surface area contributed by atoms with Gasteiger partial charge in [0.15, 0.2) is 5.82 Å². The van der Waals surface area contributed by atoms with Crippen molar-refractivity contribution in [1.29, 1.82) is 0 Å². The average Bonchev–Trinajstić information content (AvgIpc) is 3.23. The second-order valence-electron chi connectivity index (χ2n) is 6.43. The Hall–Kier alpha value is -3.09. The van der Waals surface area contributed by atoms with E-state index in [2.05, 4.69) is 20.1 Å². The van der Waals surface area contributed by atoms with Gasteiger partial charge in [-0.05, 0) is 19.8 Å². The van der Waals surface area contributed by atoms with E-state index in [-0.39, 0.29) is 11.8 Å². The van der Waals surface area contributed by atoms with Crippen LogP contribution in [0.4, 0.5) is 0 Å². The van der Waals surface area contributed by atoms with Crippen molar-refractivity contribution in [2.75, 3.05) is 13.1 Å². The molecule has 1 aliphatic heterocycles. The number of piperidine rings is 1. The summed E-state index contributed by atoms with van der Waals surface area (Å²) >= 11 is 0. The van der Waals surface area contributed by atoms with Gasteiger partial charge in [-0.2, -0.15) is 4.98 Å². The third-order valence-corrected chi connectivity index (χ3v) is 4.64. The van der Waals surface area contributed by atoms with E-state index in [0.717, 1.165) is 18.4 Å². The van der Waals surface area contributed by atoms with Gasteiger partial charge in [0.25, 0.3) is 5.91 Å². The van der Waals surface area contributed by atoms with Crippen molar-refractivity contribution in [3.05, 3.63) is 60.1 Å². The quantitative estimate of drug-likeness (QED) is 0.723. The van der Waals surface area contributed by atoms with Gasteiger partial charge in [-0.25, -0.2) is 9.97 Å². The fourth-order valence-corrected chi connectivity index (χ4v) is 3.34. The largest absolute Gasteiger partial charge is 0.343 e.